The molecule has 10 heavy (non-hydrogen) atoms. The van der Waals surface area contributed by atoms with Crippen LogP contribution in [0.5, 0.6) is 0 Å². The van der Waals surface area contributed by atoms with Gasteiger partial charge in [0.15, 0.2) is 8.25 Å². The Morgan fingerprint density at radius 2 is 2.10 bits per heavy atom. The van der Waals surface area contributed by atoms with Gasteiger partial charge in [0, 0.05) is 0 Å². The molecule has 0 N–H and O–H groups in total. The molecule has 0 aromatic carbocycles. The average molecular weight is 339 g/mol. The molecule has 0 aromatic rings. The van der Waals surface area contributed by atoms with Crippen molar-refractivity contribution in [2.24, 2.45) is 0 Å². The molecule has 1 rings (SSSR count). The zero-order valence-electron chi connectivity index (χ0n) is 4.64. The molecule has 1 atom stereocenters. The van der Waals surface area contributed by atoms with Crippen LogP contribution in [0.25, 0.3) is 0 Å². The van der Waals surface area contributed by atoms with Crippen molar-refractivity contribution in [3.8, 4) is 0 Å². The van der Waals surface area contributed by atoms with Gasteiger partial charge in [0.25, 0.3) is 0 Å². The van der Waals surface area contributed by atoms with Gasteiger partial charge in [-0.3, -0.25) is 0 Å². The molecule has 0 spiro atoms. The van der Waals surface area contributed by atoms with Crippen LogP contribution in [0, 0.1) is 0 Å². The second kappa shape index (κ2) is 2.98. The Hall–Kier alpha value is 0.710. The van der Waals surface area contributed by atoms with Crippen LogP contribution in [-0.2, 0) is 9.47 Å². The van der Waals surface area contributed by atoms with Crippen molar-refractivity contribution in [3.05, 3.63) is 0 Å². The number of rotatable bonds is 0. The highest BCUT2D eigenvalue weighted by atomic mass is 80.0. The number of cyclic esters (lactones) is 2. The first-order valence-electron chi connectivity index (χ1n) is 2.40. The second-order valence-electron chi connectivity index (χ2n) is 1.71. The lowest BCUT2D eigenvalue weighted by Gasteiger charge is -2.15. The topological polar surface area (TPSA) is 35.5 Å². The van der Waals surface area contributed by atoms with Crippen LogP contribution in [0.4, 0.5) is 4.79 Å². The number of ether oxygens (including phenoxy) is 2. The Morgan fingerprint density at radius 1 is 1.50 bits per heavy atom. The van der Waals surface area contributed by atoms with Gasteiger partial charge in [-0.15, -0.1) is 0 Å². The lowest BCUT2D eigenvalue weighted by Crippen LogP contribution is -2.25. The predicted molar refractivity (Wildman–Crippen MR) is 45.7 cm³/mol. The fraction of sp³-hybridized carbons (Fsp3) is 0.750. The van der Waals surface area contributed by atoms with E-state index in [1.165, 1.54) is 0 Å². The summed E-state index contributed by atoms with van der Waals surface area (Å²) in [7, 11) is 0. The molecule has 0 radical (unpaired) electrons. The molecule has 1 heterocycles. The first kappa shape index (κ1) is 8.80. The summed E-state index contributed by atoms with van der Waals surface area (Å²) in [6.45, 7) is 0.251. The fourth-order valence-corrected chi connectivity index (χ4v) is 1.17. The van der Waals surface area contributed by atoms with Crippen LogP contribution in [0.15, 0.2) is 0 Å². The number of carbonyl (C=O) groups is 1. The molecule has 1 aliphatic heterocycles. The van der Waals surface area contributed by atoms with E-state index in [0.29, 0.717) is 0 Å². The van der Waals surface area contributed by atoms with Crippen molar-refractivity contribution < 1.29 is 14.3 Å². The van der Waals surface area contributed by atoms with Crippen LogP contribution < -0.4 is 0 Å². The third-order valence-corrected chi connectivity index (χ3v) is 2.49. The molecule has 0 aliphatic carbocycles. The Balaban J connectivity index is 2.53. The van der Waals surface area contributed by atoms with Gasteiger partial charge < -0.3 is 9.47 Å². The molecular formula is C4H3Br3O3. The average Bonchev–Trinajstić information content (AvgIpc) is 2.11. The van der Waals surface area contributed by atoms with E-state index in [0.717, 1.165) is 0 Å². The van der Waals surface area contributed by atoms with Gasteiger partial charge in [-0.2, -0.15) is 0 Å². The Morgan fingerprint density at radius 3 is 2.30 bits per heavy atom. The second-order valence-corrected chi connectivity index (χ2v) is 8.65. The maximum atomic E-state index is 10.4. The maximum Gasteiger partial charge on any atom is 0.508 e. The first-order chi connectivity index (χ1) is 4.50. The Bertz CT molecular complexity index is 152. The van der Waals surface area contributed by atoms with Gasteiger partial charge in [0.05, 0.1) is 0 Å². The summed E-state index contributed by atoms with van der Waals surface area (Å²) >= 11 is 9.63. The fourth-order valence-electron chi connectivity index (χ4n) is 0.489. The van der Waals surface area contributed by atoms with Crippen molar-refractivity contribution in [2.45, 2.75) is 8.25 Å². The zero-order valence-corrected chi connectivity index (χ0v) is 9.40. The molecule has 1 fully saturated rings. The summed E-state index contributed by atoms with van der Waals surface area (Å²) in [5.41, 5.74) is 0. The minimum Gasteiger partial charge on any atom is -0.430 e. The molecule has 0 saturated carbocycles. The molecule has 1 unspecified atom stereocenters. The quantitative estimate of drug-likeness (QED) is 0.502. The third kappa shape index (κ3) is 2.10. The molecule has 6 heteroatoms. The van der Waals surface area contributed by atoms with E-state index in [2.05, 4.69) is 52.5 Å². The minimum absolute atomic E-state index is 0.251. The third-order valence-electron chi connectivity index (χ3n) is 0.956. The minimum atomic E-state index is -0.632. The van der Waals surface area contributed by atoms with E-state index >= 15 is 0 Å². The van der Waals surface area contributed by atoms with Crippen molar-refractivity contribution >= 4 is 53.9 Å². The van der Waals surface area contributed by atoms with E-state index < -0.39 is 8.30 Å². The molecule has 1 aliphatic rings. The van der Waals surface area contributed by atoms with Gasteiger partial charge in [-0.25, -0.2) is 4.79 Å². The lowest BCUT2D eigenvalue weighted by atomic mass is 10.4. The molecular weight excluding hydrogens is 336 g/mol. The largest absolute Gasteiger partial charge is 0.508 e. The highest BCUT2D eigenvalue weighted by Crippen LogP contribution is 2.40. The SMILES string of the molecule is O=C1OCC(C(Br)(Br)Br)O1. The van der Waals surface area contributed by atoms with E-state index in [1.54, 1.807) is 0 Å². The summed E-state index contributed by atoms with van der Waals surface area (Å²) in [6.07, 6.45) is -0.965. The summed E-state index contributed by atoms with van der Waals surface area (Å²) < 4.78 is 8.69. The molecule has 0 bridgehead atoms. The first-order valence-corrected chi connectivity index (χ1v) is 4.78. The highest BCUT2D eigenvalue weighted by Gasteiger charge is 2.39. The number of carbonyl (C=O) groups excluding carboxylic acids is 1. The number of alkyl halides is 3. The molecule has 1 saturated heterocycles. The van der Waals surface area contributed by atoms with Gasteiger partial charge in [0.1, 0.15) is 6.61 Å². The number of hydrogen-bond acceptors (Lipinski definition) is 3. The Kier molecular flexibility index (Phi) is 2.63. The molecule has 0 aromatic heterocycles. The van der Waals surface area contributed by atoms with E-state index in [4.69, 9.17) is 4.74 Å². The van der Waals surface area contributed by atoms with Crippen LogP contribution >= 0.6 is 47.8 Å². The van der Waals surface area contributed by atoms with E-state index in [-0.39, 0.29) is 12.7 Å². The molecule has 0 amide bonds. The monoisotopic (exact) mass is 336 g/mol. The smallest absolute Gasteiger partial charge is 0.430 e. The number of halogens is 3. The van der Waals surface area contributed by atoms with Crippen molar-refractivity contribution in [3.63, 3.8) is 0 Å². The number of hydrogen-bond donors (Lipinski definition) is 0. The van der Waals surface area contributed by atoms with Gasteiger partial charge in [-0.1, -0.05) is 47.8 Å². The lowest BCUT2D eigenvalue weighted by molar-refractivity contribution is 0.120. The summed E-state index contributed by atoms with van der Waals surface area (Å²) in [4.78, 5) is 10.4. The van der Waals surface area contributed by atoms with Crippen LogP contribution in [0.2, 0.25) is 0 Å². The van der Waals surface area contributed by atoms with Crippen LogP contribution in [0.1, 0.15) is 0 Å². The van der Waals surface area contributed by atoms with Gasteiger partial charge in [0.2, 0.25) is 0 Å². The predicted octanol–water partition coefficient (Wildman–Crippen LogP) is 2.36. The zero-order chi connectivity index (χ0) is 7.78. The van der Waals surface area contributed by atoms with Gasteiger partial charge >= 0.3 is 6.16 Å². The normalized spacial score (nSPS) is 25.9. The van der Waals surface area contributed by atoms with E-state index in [9.17, 15) is 4.79 Å². The molecule has 58 valence electrons. The van der Waals surface area contributed by atoms with Crippen molar-refractivity contribution in [1.29, 1.82) is 0 Å². The summed E-state index contributed by atoms with van der Waals surface area (Å²) in [6, 6.07) is 0. The van der Waals surface area contributed by atoms with Crippen LogP contribution in [0.3, 0.4) is 0 Å². The standard InChI is InChI=1S/C4H3Br3O3/c5-4(6,7)2-1-9-3(8)10-2/h2H,1H2. The maximum absolute atomic E-state index is 10.4. The highest BCUT2D eigenvalue weighted by molar-refractivity contribution is 9.39. The van der Waals surface area contributed by atoms with E-state index in [1.807, 2.05) is 0 Å². The Labute approximate surface area is 82.8 Å². The van der Waals surface area contributed by atoms with Crippen molar-refractivity contribution in [1.82, 2.24) is 0 Å². The van der Waals surface area contributed by atoms with Crippen molar-refractivity contribution in [2.75, 3.05) is 6.61 Å². The summed E-state index contributed by atoms with van der Waals surface area (Å²) in [5.74, 6) is 0. The van der Waals surface area contributed by atoms with Crippen LogP contribution in [-0.4, -0.2) is 21.0 Å². The molecule has 3 nitrogen and oxygen atoms in total. The summed E-state index contributed by atoms with van der Waals surface area (Å²) in [5, 5.41) is 0. The van der Waals surface area contributed by atoms with Gasteiger partial charge in [-0.05, 0) is 0 Å².